The molecule has 0 spiro atoms. The average Bonchev–Trinajstić information content (AvgIpc) is 2.94. The monoisotopic (exact) mass is 494 g/mol. The lowest BCUT2D eigenvalue weighted by atomic mass is 9.89. The van der Waals surface area contributed by atoms with Gasteiger partial charge in [0.1, 0.15) is 0 Å². The van der Waals surface area contributed by atoms with Crippen LogP contribution in [0.4, 0.5) is 11.4 Å². The van der Waals surface area contributed by atoms with E-state index in [0.29, 0.717) is 0 Å². The van der Waals surface area contributed by atoms with Crippen molar-refractivity contribution >= 4 is 17.1 Å². The highest BCUT2D eigenvalue weighted by Crippen LogP contribution is 2.46. The summed E-state index contributed by atoms with van der Waals surface area (Å²) < 4.78 is 0. The normalized spacial score (nSPS) is 15.1. The average molecular weight is 495 g/mol. The first-order valence-electron chi connectivity index (χ1n) is 13.2. The molecule has 2 heteroatoms. The minimum absolute atomic E-state index is 0.108. The van der Waals surface area contributed by atoms with Gasteiger partial charge in [-0.25, -0.2) is 4.99 Å². The first kappa shape index (κ1) is 25.2. The van der Waals surface area contributed by atoms with Gasteiger partial charge in [0.05, 0.1) is 23.1 Å². The maximum Gasteiger partial charge on any atom is 0.0950 e. The summed E-state index contributed by atoms with van der Waals surface area (Å²) in [6.45, 7) is 12.4. The second kappa shape index (κ2) is 10.9. The van der Waals surface area contributed by atoms with Gasteiger partial charge in [0, 0.05) is 11.1 Å². The number of rotatable bonds is 6. The zero-order valence-electron chi connectivity index (χ0n) is 22.6. The van der Waals surface area contributed by atoms with Crippen LogP contribution >= 0.6 is 0 Å². The molecule has 4 aromatic carbocycles. The molecule has 5 rings (SSSR count). The third-order valence-corrected chi connectivity index (χ3v) is 6.99. The Morgan fingerprint density at radius 2 is 1.32 bits per heavy atom. The highest BCUT2D eigenvalue weighted by molar-refractivity contribution is 6.14. The predicted octanol–water partition coefficient (Wildman–Crippen LogP) is 9.63. The molecule has 4 aromatic rings. The van der Waals surface area contributed by atoms with E-state index in [1.807, 2.05) is 13.0 Å². The molecule has 0 saturated carbocycles. The number of nitrogens with zero attached hydrogens (tertiary/aromatic N) is 1. The SMILES string of the molecule is C=C(C)/C=C\C(=C/C)C1Nc2c(-c3ccc(C)cc3)ccc(-c3ccc(C)cc3)c2N=C1c1ccccc1. The molecule has 1 heterocycles. The molecule has 1 aliphatic rings. The molecular weight excluding hydrogens is 460 g/mol. The Bertz CT molecular complexity index is 1550. The number of hydrogen-bond donors (Lipinski definition) is 1. The second-order valence-electron chi connectivity index (χ2n) is 10.0. The summed E-state index contributed by atoms with van der Waals surface area (Å²) in [5.41, 5.74) is 13.4. The highest BCUT2D eigenvalue weighted by atomic mass is 15.0. The van der Waals surface area contributed by atoms with Crippen LogP contribution in [-0.4, -0.2) is 11.8 Å². The molecule has 38 heavy (non-hydrogen) atoms. The van der Waals surface area contributed by atoms with E-state index < -0.39 is 0 Å². The minimum atomic E-state index is -0.108. The van der Waals surface area contributed by atoms with Crippen LogP contribution in [0.1, 0.15) is 30.5 Å². The van der Waals surface area contributed by atoms with E-state index in [1.54, 1.807) is 0 Å². The number of benzene rings is 4. The molecule has 0 bridgehead atoms. The van der Waals surface area contributed by atoms with Crippen LogP contribution in [0.25, 0.3) is 22.3 Å². The Kier molecular flexibility index (Phi) is 7.24. The Morgan fingerprint density at radius 1 is 0.737 bits per heavy atom. The third-order valence-electron chi connectivity index (χ3n) is 6.99. The molecule has 0 radical (unpaired) electrons. The van der Waals surface area contributed by atoms with Gasteiger partial charge in [-0.2, -0.15) is 0 Å². The maximum absolute atomic E-state index is 5.45. The number of aliphatic imine (C=N–C) groups is 1. The fraction of sp³-hybridized carbons (Fsp3) is 0.139. The van der Waals surface area contributed by atoms with Gasteiger partial charge >= 0.3 is 0 Å². The van der Waals surface area contributed by atoms with Crippen LogP contribution in [0.15, 0.2) is 132 Å². The first-order valence-corrected chi connectivity index (χ1v) is 13.2. The van der Waals surface area contributed by atoms with Crippen molar-refractivity contribution < 1.29 is 0 Å². The lowest BCUT2D eigenvalue weighted by Gasteiger charge is -2.31. The maximum atomic E-state index is 5.45. The standard InChI is InChI=1S/C36H34N2/c1-6-27(17-12-24(2)3)33-34(30-10-8-7-9-11-30)38-36-32(29-20-15-26(5)16-21-29)23-22-31(35(36)37-33)28-18-13-25(4)14-19-28/h6-23,33,37H,2H2,1,3-5H3/b17-12-,27-6+. The van der Waals surface area contributed by atoms with Gasteiger partial charge in [-0.15, -0.1) is 0 Å². The van der Waals surface area contributed by atoms with Crippen molar-refractivity contribution in [3.63, 3.8) is 0 Å². The number of nitrogens with one attached hydrogen (secondary N) is 1. The number of aryl methyl sites for hydroxylation is 2. The molecule has 0 saturated heterocycles. The van der Waals surface area contributed by atoms with Crippen molar-refractivity contribution in [1.29, 1.82) is 0 Å². The summed E-state index contributed by atoms with van der Waals surface area (Å²) in [4.78, 5) is 5.45. The Morgan fingerprint density at radius 3 is 1.89 bits per heavy atom. The molecule has 0 amide bonds. The van der Waals surface area contributed by atoms with Crippen molar-refractivity contribution in [1.82, 2.24) is 0 Å². The lowest BCUT2D eigenvalue weighted by molar-refractivity contribution is 1.07. The summed E-state index contributed by atoms with van der Waals surface area (Å²) in [7, 11) is 0. The topological polar surface area (TPSA) is 24.4 Å². The van der Waals surface area contributed by atoms with Crippen LogP contribution in [-0.2, 0) is 0 Å². The quantitative estimate of drug-likeness (QED) is 0.265. The van der Waals surface area contributed by atoms with E-state index in [-0.39, 0.29) is 6.04 Å². The summed E-state index contributed by atoms with van der Waals surface area (Å²) in [5, 5.41) is 3.94. The molecular formula is C36H34N2. The molecule has 1 N–H and O–H groups in total. The van der Waals surface area contributed by atoms with E-state index in [0.717, 1.165) is 50.5 Å². The fourth-order valence-electron chi connectivity index (χ4n) is 4.87. The highest BCUT2D eigenvalue weighted by Gasteiger charge is 2.29. The molecule has 188 valence electrons. The first-order chi connectivity index (χ1) is 18.4. The van der Waals surface area contributed by atoms with E-state index in [1.165, 1.54) is 16.7 Å². The van der Waals surface area contributed by atoms with Crippen LogP contribution in [0.3, 0.4) is 0 Å². The zero-order chi connectivity index (χ0) is 26.6. The van der Waals surface area contributed by atoms with E-state index in [2.05, 4.69) is 136 Å². The van der Waals surface area contributed by atoms with Crippen molar-refractivity contribution in [3.05, 3.63) is 144 Å². The van der Waals surface area contributed by atoms with Crippen LogP contribution in [0.5, 0.6) is 0 Å². The Balaban J connectivity index is 1.78. The summed E-state index contributed by atoms with van der Waals surface area (Å²) in [6.07, 6.45) is 6.38. The zero-order valence-corrected chi connectivity index (χ0v) is 22.6. The van der Waals surface area contributed by atoms with Crippen molar-refractivity contribution in [2.45, 2.75) is 33.7 Å². The van der Waals surface area contributed by atoms with Gasteiger partial charge in [-0.05, 0) is 50.0 Å². The van der Waals surface area contributed by atoms with Gasteiger partial charge < -0.3 is 5.32 Å². The van der Waals surface area contributed by atoms with Gasteiger partial charge in [0.2, 0.25) is 0 Å². The van der Waals surface area contributed by atoms with Crippen molar-refractivity contribution in [3.8, 4) is 22.3 Å². The Labute approximate surface area is 226 Å². The van der Waals surface area contributed by atoms with Crippen LogP contribution in [0.2, 0.25) is 0 Å². The van der Waals surface area contributed by atoms with Crippen molar-refractivity contribution in [2.75, 3.05) is 5.32 Å². The Hall–Kier alpha value is -4.43. The van der Waals surface area contributed by atoms with Gasteiger partial charge in [0.25, 0.3) is 0 Å². The molecule has 0 aromatic heterocycles. The van der Waals surface area contributed by atoms with Gasteiger partial charge in [-0.1, -0.05) is 133 Å². The smallest absolute Gasteiger partial charge is 0.0950 e. The van der Waals surface area contributed by atoms with Crippen LogP contribution in [0, 0.1) is 13.8 Å². The van der Waals surface area contributed by atoms with Crippen LogP contribution < -0.4 is 5.32 Å². The van der Waals surface area contributed by atoms with E-state index in [4.69, 9.17) is 4.99 Å². The number of fused-ring (bicyclic) bond motifs is 1. The molecule has 0 fully saturated rings. The molecule has 2 nitrogen and oxygen atoms in total. The van der Waals surface area contributed by atoms with Gasteiger partial charge in [-0.3, -0.25) is 0 Å². The van der Waals surface area contributed by atoms with Crippen molar-refractivity contribution in [2.24, 2.45) is 4.99 Å². The largest absolute Gasteiger partial charge is 0.370 e. The number of hydrogen-bond acceptors (Lipinski definition) is 2. The third kappa shape index (κ3) is 5.17. The molecule has 0 aliphatic carbocycles. The van der Waals surface area contributed by atoms with E-state index in [9.17, 15) is 0 Å². The van der Waals surface area contributed by atoms with E-state index >= 15 is 0 Å². The molecule has 1 unspecified atom stereocenters. The van der Waals surface area contributed by atoms with Gasteiger partial charge in [0.15, 0.2) is 0 Å². The second-order valence-corrected chi connectivity index (χ2v) is 10.0. The summed E-state index contributed by atoms with van der Waals surface area (Å²) >= 11 is 0. The fourth-order valence-corrected chi connectivity index (χ4v) is 4.87. The predicted molar refractivity (Wildman–Crippen MR) is 165 cm³/mol. The molecule has 1 atom stereocenters. The minimum Gasteiger partial charge on any atom is -0.370 e. The number of allylic oxidation sites excluding steroid dienone is 3. The summed E-state index contributed by atoms with van der Waals surface area (Å²) in [5.74, 6) is 0. The number of anilines is 1. The summed E-state index contributed by atoms with van der Waals surface area (Å²) in [6, 6.07) is 32.2. The lowest BCUT2D eigenvalue weighted by Crippen LogP contribution is -2.34. The molecule has 1 aliphatic heterocycles.